The average Bonchev–Trinajstić information content (AvgIpc) is 3.21. The minimum Gasteiger partial charge on any atom is -0.368 e. The van der Waals surface area contributed by atoms with Gasteiger partial charge in [0.15, 0.2) is 0 Å². The van der Waals surface area contributed by atoms with Crippen LogP contribution in [0.4, 0.5) is 14.5 Å². The van der Waals surface area contributed by atoms with E-state index in [1.807, 2.05) is 24.3 Å². The number of thiophene rings is 1. The van der Waals surface area contributed by atoms with Crippen LogP contribution in [0.2, 0.25) is 5.02 Å². The minimum absolute atomic E-state index is 0.171. The number of likely N-dealkylation sites (tertiary alicyclic amines) is 1. The highest BCUT2D eigenvalue weighted by molar-refractivity contribution is 7.20. The maximum absolute atomic E-state index is 13.9. The van der Waals surface area contributed by atoms with Gasteiger partial charge in [-0.05, 0) is 37.1 Å². The number of hydrogen-bond donors (Lipinski definition) is 0. The molecule has 196 valence electrons. The summed E-state index contributed by atoms with van der Waals surface area (Å²) in [5.41, 5.74) is 0.984. The Balaban J connectivity index is 1.30. The standard InChI is InChI=1S/C25H26ClF2N5O3S/c1-16-20-22(37-21(16)24(36)32-7-3-6-25(27,28)14-32)29-15-33(23(20)35)13-19(34)31-10-8-30(9-11-31)18-5-2-4-17(26)12-18/h2,4-5,12,15H,3,6-11,13-14H2,1H3. The predicted molar refractivity (Wildman–Crippen MR) is 139 cm³/mol. The number of rotatable bonds is 4. The largest absolute Gasteiger partial charge is 0.368 e. The van der Waals surface area contributed by atoms with Crippen LogP contribution in [0.25, 0.3) is 10.2 Å². The summed E-state index contributed by atoms with van der Waals surface area (Å²) < 4.78 is 28.9. The summed E-state index contributed by atoms with van der Waals surface area (Å²) in [5.74, 6) is -3.63. The second-order valence-electron chi connectivity index (χ2n) is 9.45. The molecular formula is C25H26ClF2N5O3S. The van der Waals surface area contributed by atoms with Gasteiger partial charge < -0.3 is 14.7 Å². The molecule has 0 unspecified atom stereocenters. The summed E-state index contributed by atoms with van der Waals surface area (Å²) in [6, 6.07) is 7.56. The number of piperazine rings is 1. The van der Waals surface area contributed by atoms with Crippen LogP contribution < -0.4 is 10.5 Å². The van der Waals surface area contributed by atoms with Gasteiger partial charge in [-0.1, -0.05) is 17.7 Å². The van der Waals surface area contributed by atoms with Crippen molar-refractivity contribution >= 4 is 50.7 Å². The molecule has 0 bridgehead atoms. The molecule has 0 aliphatic carbocycles. The summed E-state index contributed by atoms with van der Waals surface area (Å²) in [5, 5.41) is 0.902. The number of benzene rings is 1. The number of aromatic nitrogens is 2. The van der Waals surface area contributed by atoms with E-state index in [9.17, 15) is 23.2 Å². The molecule has 2 aliphatic rings. The van der Waals surface area contributed by atoms with E-state index >= 15 is 0 Å². The van der Waals surface area contributed by atoms with Gasteiger partial charge >= 0.3 is 0 Å². The molecule has 0 atom stereocenters. The lowest BCUT2D eigenvalue weighted by Crippen LogP contribution is -2.50. The van der Waals surface area contributed by atoms with Crippen molar-refractivity contribution in [1.29, 1.82) is 0 Å². The first-order valence-electron chi connectivity index (χ1n) is 12.1. The molecule has 37 heavy (non-hydrogen) atoms. The third-order valence-corrected chi connectivity index (χ3v) is 8.33. The Kier molecular flexibility index (Phi) is 6.93. The second-order valence-corrected chi connectivity index (χ2v) is 10.9. The van der Waals surface area contributed by atoms with Crippen molar-refractivity contribution in [2.24, 2.45) is 0 Å². The van der Waals surface area contributed by atoms with Crippen molar-refractivity contribution in [2.75, 3.05) is 44.2 Å². The number of anilines is 1. The Hall–Kier alpha value is -3.05. The van der Waals surface area contributed by atoms with Crippen molar-refractivity contribution in [1.82, 2.24) is 19.4 Å². The lowest BCUT2D eigenvalue weighted by molar-refractivity contribution is -0.132. The molecule has 8 nitrogen and oxygen atoms in total. The zero-order valence-electron chi connectivity index (χ0n) is 20.3. The minimum atomic E-state index is -2.91. The fourth-order valence-electron chi connectivity index (χ4n) is 4.89. The number of carbonyl (C=O) groups excluding carboxylic acids is 2. The SMILES string of the molecule is Cc1c(C(=O)N2CCCC(F)(F)C2)sc2ncn(CC(=O)N3CCN(c4cccc(Cl)c4)CC3)c(=O)c12. The first kappa shape index (κ1) is 25.6. The summed E-state index contributed by atoms with van der Waals surface area (Å²) in [4.78, 5) is 49.1. The van der Waals surface area contributed by atoms with Gasteiger partial charge in [-0.3, -0.25) is 19.0 Å². The van der Waals surface area contributed by atoms with E-state index in [0.717, 1.165) is 21.9 Å². The summed E-state index contributed by atoms with van der Waals surface area (Å²) in [6.07, 6.45) is 1.30. The smallest absolute Gasteiger partial charge is 0.265 e. The van der Waals surface area contributed by atoms with E-state index in [4.69, 9.17) is 11.6 Å². The zero-order valence-corrected chi connectivity index (χ0v) is 21.8. The van der Waals surface area contributed by atoms with Crippen LogP contribution in [0.3, 0.4) is 0 Å². The third-order valence-electron chi connectivity index (χ3n) is 6.90. The quantitative estimate of drug-likeness (QED) is 0.496. The Morgan fingerprint density at radius 1 is 1.14 bits per heavy atom. The molecule has 0 N–H and O–H groups in total. The summed E-state index contributed by atoms with van der Waals surface area (Å²) in [7, 11) is 0. The normalized spacial score (nSPS) is 17.9. The van der Waals surface area contributed by atoms with Gasteiger partial charge in [0.05, 0.1) is 23.1 Å². The van der Waals surface area contributed by atoms with E-state index < -0.39 is 23.9 Å². The van der Waals surface area contributed by atoms with Gasteiger partial charge in [-0.2, -0.15) is 0 Å². The molecular weight excluding hydrogens is 524 g/mol. The third kappa shape index (κ3) is 5.19. The van der Waals surface area contributed by atoms with E-state index in [2.05, 4.69) is 9.88 Å². The van der Waals surface area contributed by atoms with Gasteiger partial charge in [-0.15, -0.1) is 11.3 Å². The first-order valence-corrected chi connectivity index (χ1v) is 13.3. The molecule has 1 aromatic carbocycles. The number of halogens is 3. The number of fused-ring (bicyclic) bond motifs is 1. The van der Waals surface area contributed by atoms with Crippen LogP contribution in [-0.2, 0) is 11.3 Å². The monoisotopic (exact) mass is 549 g/mol. The average molecular weight is 550 g/mol. The molecule has 5 rings (SSSR count). The van der Waals surface area contributed by atoms with Crippen LogP contribution in [-0.4, -0.2) is 76.4 Å². The number of aryl methyl sites for hydroxylation is 1. The van der Waals surface area contributed by atoms with Crippen molar-refractivity contribution in [2.45, 2.75) is 32.2 Å². The lowest BCUT2D eigenvalue weighted by Gasteiger charge is -2.36. The van der Waals surface area contributed by atoms with Gasteiger partial charge in [0.2, 0.25) is 5.91 Å². The van der Waals surface area contributed by atoms with E-state index in [0.29, 0.717) is 41.6 Å². The molecule has 0 saturated carbocycles. The maximum Gasteiger partial charge on any atom is 0.265 e. The van der Waals surface area contributed by atoms with Crippen molar-refractivity contribution in [3.63, 3.8) is 0 Å². The molecule has 12 heteroatoms. The van der Waals surface area contributed by atoms with Crippen LogP contribution in [0, 0.1) is 6.92 Å². The lowest BCUT2D eigenvalue weighted by atomic mass is 10.1. The molecule has 2 aromatic heterocycles. The van der Waals surface area contributed by atoms with Crippen LogP contribution >= 0.6 is 22.9 Å². The zero-order chi connectivity index (χ0) is 26.3. The fraction of sp³-hybridized carbons (Fsp3) is 0.440. The van der Waals surface area contributed by atoms with E-state index in [1.54, 1.807) is 11.8 Å². The number of piperidine rings is 1. The molecule has 2 saturated heterocycles. The van der Waals surface area contributed by atoms with Crippen molar-refractivity contribution in [3.8, 4) is 0 Å². The van der Waals surface area contributed by atoms with E-state index in [1.165, 1.54) is 10.9 Å². The summed E-state index contributed by atoms with van der Waals surface area (Å²) >= 11 is 7.11. The maximum atomic E-state index is 13.9. The highest BCUT2D eigenvalue weighted by atomic mass is 35.5. The number of carbonyl (C=O) groups is 2. The molecule has 2 aliphatic heterocycles. The van der Waals surface area contributed by atoms with Crippen molar-refractivity contribution < 1.29 is 18.4 Å². The highest BCUT2D eigenvalue weighted by Crippen LogP contribution is 2.32. The van der Waals surface area contributed by atoms with Crippen LogP contribution in [0.5, 0.6) is 0 Å². The van der Waals surface area contributed by atoms with Crippen LogP contribution in [0.1, 0.15) is 28.1 Å². The molecule has 0 spiro atoms. The Labute approximate surface area is 221 Å². The number of amides is 2. The van der Waals surface area contributed by atoms with Gasteiger partial charge in [0.1, 0.15) is 11.4 Å². The predicted octanol–water partition coefficient (Wildman–Crippen LogP) is 3.64. The van der Waals surface area contributed by atoms with Gasteiger partial charge in [0.25, 0.3) is 17.4 Å². The van der Waals surface area contributed by atoms with Crippen molar-refractivity contribution in [3.05, 3.63) is 56.4 Å². The molecule has 2 fully saturated rings. The van der Waals surface area contributed by atoms with Gasteiger partial charge in [0, 0.05) is 49.9 Å². The van der Waals surface area contributed by atoms with E-state index in [-0.39, 0.29) is 42.1 Å². The topological polar surface area (TPSA) is 78.8 Å². The summed E-state index contributed by atoms with van der Waals surface area (Å²) in [6.45, 7) is 3.37. The van der Waals surface area contributed by atoms with Crippen LogP contribution in [0.15, 0.2) is 35.4 Å². The molecule has 3 aromatic rings. The first-order chi connectivity index (χ1) is 17.6. The number of alkyl halides is 2. The number of hydrogen-bond acceptors (Lipinski definition) is 6. The highest BCUT2D eigenvalue weighted by Gasteiger charge is 2.38. The fourth-order valence-corrected chi connectivity index (χ4v) is 6.18. The number of nitrogens with zero attached hydrogens (tertiary/aromatic N) is 5. The molecule has 0 radical (unpaired) electrons. The molecule has 2 amide bonds. The second kappa shape index (κ2) is 10.0. The van der Waals surface area contributed by atoms with Gasteiger partial charge in [-0.25, -0.2) is 13.8 Å². The Morgan fingerprint density at radius 3 is 2.59 bits per heavy atom. The molecule has 4 heterocycles. The Morgan fingerprint density at radius 2 is 1.89 bits per heavy atom. The Bertz CT molecular complexity index is 1420.